The highest BCUT2D eigenvalue weighted by atomic mass is 16.7. The van der Waals surface area contributed by atoms with E-state index in [1.165, 1.54) is 276 Å². The molecule has 2 aliphatic heterocycles. The summed E-state index contributed by atoms with van der Waals surface area (Å²) in [6, 6.07) is -0.916. The Morgan fingerprint density at radius 2 is 0.710 bits per heavy atom. The molecule has 0 spiro atoms. The third-order valence-corrected chi connectivity index (χ3v) is 19.3. The largest absolute Gasteiger partial charge is 0.394 e. The second kappa shape index (κ2) is 63.4. The van der Waals surface area contributed by atoms with Gasteiger partial charge in [0, 0.05) is 6.42 Å². The second-order valence-corrected chi connectivity index (χ2v) is 27.8. The van der Waals surface area contributed by atoms with Crippen LogP contribution in [0.5, 0.6) is 0 Å². The number of unbranched alkanes of at least 4 members (excludes halogenated alkanes) is 47. The van der Waals surface area contributed by atoms with Crippen LogP contribution in [0.15, 0.2) is 48.6 Å². The van der Waals surface area contributed by atoms with Crippen LogP contribution < -0.4 is 5.32 Å². The van der Waals surface area contributed by atoms with E-state index in [4.69, 9.17) is 18.9 Å². The molecule has 0 saturated carbocycles. The lowest BCUT2D eigenvalue weighted by atomic mass is 9.97. The van der Waals surface area contributed by atoms with Gasteiger partial charge >= 0.3 is 0 Å². The van der Waals surface area contributed by atoms with Gasteiger partial charge in [0.2, 0.25) is 5.91 Å². The molecule has 2 heterocycles. The van der Waals surface area contributed by atoms with E-state index in [0.717, 1.165) is 51.4 Å². The topological polar surface area (TPSA) is 228 Å². The molecule has 2 aliphatic rings. The van der Waals surface area contributed by atoms with Crippen LogP contribution in [0.2, 0.25) is 0 Å². The van der Waals surface area contributed by atoms with Gasteiger partial charge in [0.25, 0.3) is 0 Å². The number of aliphatic hydroxyl groups excluding tert-OH is 8. The van der Waals surface area contributed by atoms with Gasteiger partial charge in [-0.05, 0) is 57.8 Å². The molecule has 0 radical (unpaired) electrons. The van der Waals surface area contributed by atoms with Crippen LogP contribution in [0.1, 0.15) is 354 Å². The first-order valence-corrected chi connectivity index (χ1v) is 39.4. The summed E-state index contributed by atoms with van der Waals surface area (Å²) in [6.45, 7) is 2.84. The van der Waals surface area contributed by atoms with Gasteiger partial charge in [-0.25, -0.2) is 0 Å². The summed E-state index contributed by atoms with van der Waals surface area (Å²) in [5, 5.41) is 87.7. The Bertz CT molecular complexity index is 1750. The number of nitrogens with one attached hydrogen (secondary N) is 1. The van der Waals surface area contributed by atoms with Crippen LogP contribution in [0, 0.1) is 0 Å². The minimum atomic E-state index is -1.79. The Balaban J connectivity index is 1.62. The standard InChI is InChI=1S/C79H147NO13/c1-3-5-7-9-11-13-15-17-19-21-23-25-27-29-31-32-33-34-35-36-37-39-41-43-45-47-49-51-53-55-57-59-61-63-71(84)80-67(66-90-78-76(89)74(87)77(70(65-82)92-78)93-79-75(88)73(86)72(85)69(64-81)91-79)68(83)62-60-58-56-54-52-50-48-46-44-42-40-38-30-28-26-24-22-20-18-16-14-12-10-8-6-4-2/h15,17,21,23,27,29,60,62,67-70,72-79,81-83,85-89H,3-14,16,18-20,22,24-26,28,30-59,61,63-66H2,1-2H3,(H,80,84)/b17-15-,23-21-,29-27-,62-60+. The first-order valence-electron chi connectivity index (χ1n) is 39.4. The fraction of sp³-hybridized carbons (Fsp3) is 0.886. The van der Waals surface area contributed by atoms with Gasteiger partial charge in [0.05, 0.1) is 32.0 Å². The van der Waals surface area contributed by atoms with Gasteiger partial charge in [0.15, 0.2) is 12.6 Å². The minimum absolute atomic E-state index is 0.233. The molecule has 2 fully saturated rings. The fourth-order valence-electron chi connectivity index (χ4n) is 13.0. The summed E-state index contributed by atoms with van der Waals surface area (Å²) in [6.07, 6.45) is 67.5. The SMILES string of the molecule is CCCCCCC/C=C\C/C=C\C/C=C\CCCCCCCCCCCCCCCCCCCCC(=O)NC(COC1OC(CO)C(OC2OC(CO)C(O)C(O)C2O)C(O)C1O)C(O)/C=C/CCCCCCCCCCCCCCCCCCCCCCCCCC. The van der Waals surface area contributed by atoms with Crippen molar-refractivity contribution in [3.05, 3.63) is 48.6 Å². The van der Waals surface area contributed by atoms with Crippen molar-refractivity contribution in [3.63, 3.8) is 0 Å². The van der Waals surface area contributed by atoms with E-state index in [-0.39, 0.29) is 18.9 Å². The molecule has 2 rings (SSSR count). The Kier molecular flexibility index (Phi) is 59.3. The number of hydrogen-bond acceptors (Lipinski definition) is 13. The molecule has 1 amide bonds. The lowest BCUT2D eigenvalue weighted by Gasteiger charge is -2.46. The molecule has 0 bridgehead atoms. The zero-order valence-corrected chi connectivity index (χ0v) is 59.8. The summed E-state index contributed by atoms with van der Waals surface area (Å²) >= 11 is 0. The predicted octanol–water partition coefficient (Wildman–Crippen LogP) is 17.4. The first-order chi connectivity index (χ1) is 45.6. The highest BCUT2D eigenvalue weighted by Crippen LogP contribution is 2.30. The zero-order valence-electron chi connectivity index (χ0n) is 59.8. The molecule has 12 unspecified atom stereocenters. The van der Waals surface area contributed by atoms with E-state index in [2.05, 4.69) is 55.6 Å². The molecule has 14 nitrogen and oxygen atoms in total. The molecular weight excluding hydrogens is 1170 g/mol. The lowest BCUT2D eigenvalue weighted by molar-refractivity contribution is -0.359. The minimum Gasteiger partial charge on any atom is -0.394 e. The highest BCUT2D eigenvalue weighted by molar-refractivity contribution is 5.76. The van der Waals surface area contributed by atoms with Crippen LogP contribution in [0.3, 0.4) is 0 Å². The molecule has 546 valence electrons. The van der Waals surface area contributed by atoms with E-state index in [0.29, 0.717) is 6.42 Å². The molecule has 0 aromatic carbocycles. The summed E-state index contributed by atoms with van der Waals surface area (Å²) in [5.41, 5.74) is 0. The number of hydrogen-bond donors (Lipinski definition) is 9. The molecule has 9 N–H and O–H groups in total. The number of carbonyl (C=O) groups excluding carboxylic acids is 1. The van der Waals surface area contributed by atoms with Gasteiger partial charge < -0.3 is 65.1 Å². The Labute approximate surface area is 569 Å². The molecule has 2 saturated heterocycles. The maximum absolute atomic E-state index is 13.4. The van der Waals surface area contributed by atoms with Crippen molar-refractivity contribution < 1.29 is 64.6 Å². The van der Waals surface area contributed by atoms with Crippen molar-refractivity contribution in [2.75, 3.05) is 19.8 Å². The monoisotopic (exact) mass is 1320 g/mol. The molecular formula is C79H147NO13. The quantitative estimate of drug-likeness (QED) is 0.0204. The van der Waals surface area contributed by atoms with Gasteiger partial charge in [-0.15, -0.1) is 0 Å². The van der Waals surface area contributed by atoms with Crippen molar-refractivity contribution in [1.29, 1.82) is 0 Å². The maximum Gasteiger partial charge on any atom is 0.220 e. The van der Waals surface area contributed by atoms with Crippen LogP contribution in [-0.2, 0) is 23.7 Å². The zero-order chi connectivity index (χ0) is 67.3. The molecule has 12 atom stereocenters. The number of amides is 1. The van der Waals surface area contributed by atoms with E-state index in [1.807, 2.05) is 6.08 Å². The average molecular weight is 1320 g/mol. The highest BCUT2D eigenvalue weighted by Gasteiger charge is 2.51. The van der Waals surface area contributed by atoms with Crippen molar-refractivity contribution in [2.24, 2.45) is 0 Å². The summed E-state index contributed by atoms with van der Waals surface area (Å²) in [7, 11) is 0. The van der Waals surface area contributed by atoms with Crippen molar-refractivity contribution >= 4 is 5.91 Å². The van der Waals surface area contributed by atoms with Crippen LogP contribution in [-0.4, -0.2) is 140 Å². The first kappa shape index (κ1) is 87.0. The van der Waals surface area contributed by atoms with Crippen LogP contribution in [0.25, 0.3) is 0 Å². The Hall–Kier alpha value is -2.05. The molecule has 0 aromatic heterocycles. The number of aliphatic hydroxyl groups is 8. The van der Waals surface area contributed by atoms with E-state index < -0.39 is 86.8 Å². The van der Waals surface area contributed by atoms with Crippen molar-refractivity contribution in [3.8, 4) is 0 Å². The van der Waals surface area contributed by atoms with Crippen molar-refractivity contribution in [2.45, 2.75) is 428 Å². The number of rotatable bonds is 66. The third kappa shape index (κ3) is 46.8. The number of ether oxygens (including phenoxy) is 4. The van der Waals surface area contributed by atoms with E-state index in [9.17, 15) is 45.6 Å². The predicted molar refractivity (Wildman–Crippen MR) is 383 cm³/mol. The van der Waals surface area contributed by atoms with E-state index >= 15 is 0 Å². The Morgan fingerprint density at radius 1 is 0.387 bits per heavy atom. The van der Waals surface area contributed by atoms with Gasteiger partial charge in [0.1, 0.15) is 48.8 Å². The summed E-state index contributed by atoms with van der Waals surface area (Å²) in [5.74, 6) is -0.233. The summed E-state index contributed by atoms with van der Waals surface area (Å²) in [4.78, 5) is 13.4. The Morgan fingerprint density at radius 3 is 1.09 bits per heavy atom. The number of allylic oxidation sites excluding steroid dienone is 7. The molecule has 14 heteroatoms. The lowest BCUT2D eigenvalue weighted by Crippen LogP contribution is -2.65. The molecule has 0 aromatic rings. The average Bonchev–Trinajstić information content (AvgIpc) is 0.852. The second-order valence-electron chi connectivity index (χ2n) is 27.8. The van der Waals surface area contributed by atoms with Gasteiger partial charge in [-0.1, -0.05) is 339 Å². The molecule has 0 aliphatic carbocycles. The van der Waals surface area contributed by atoms with Gasteiger partial charge in [-0.2, -0.15) is 0 Å². The smallest absolute Gasteiger partial charge is 0.220 e. The van der Waals surface area contributed by atoms with Crippen LogP contribution in [0.4, 0.5) is 0 Å². The van der Waals surface area contributed by atoms with E-state index in [1.54, 1.807) is 6.08 Å². The molecule has 93 heavy (non-hydrogen) atoms. The van der Waals surface area contributed by atoms with Crippen molar-refractivity contribution in [1.82, 2.24) is 5.32 Å². The normalized spacial score (nSPS) is 22.8. The summed E-state index contributed by atoms with van der Waals surface area (Å²) < 4.78 is 22.9. The third-order valence-electron chi connectivity index (χ3n) is 19.3. The van der Waals surface area contributed by atoms with Crippen LogP contribution >= 0.6 is 0 Å². The maximum atomic E-state index is 13.4. The fourth-order valence-corrected chi connectivity index (χ4v) is 13.0. The number of carbonyl (C=O) groups is 1. The van der Waals surface area contributed by atoms with Gasteiger partial charge in [-0.3, -0.25) is 4.79 Å².